The van der Waals surface area contributed by atoms with Crippen molar-refractivity contribution in [3.8, 4) is 5.75 Å². The SMILES string of the molecule is COc1cc(C(C)C)ccc1CCNCC(C)(C)N. The van der Waals surface area contributed by atoms with Crippen LogP contribution in [0.15, 0.2) is 18.2 Å². The predicted octanol–water partition coefficient (Wildman–Crippen LogP) is 2.69. The van der Waals surface area contributed by atoms with Crippen molar-refractivity contribution in [2.24, 2.45) is 5.73 Å². The van der Waals surface area contributed by atoms with E-state index in [-0.39, 0.29) is 5.54 Å². The molecule has 1 rings (SSSR count). The molecule has 1 aromatic rings. The van der Waals surface area contributed by atoms with Gasteiger partial charge in [-0.15, -0.1) is 0 Å². The fourth-order valence-corrected chi connectivity index (χ4v) is 1.96. The third-order valence-electron chi connectivity index (χ3n) is 3.13. The Hall–Kier alpha value is -1.06. The molecule has 19 heavy (non-hydrogen) atoms. The standard InChI is InChI=1S/C16H28N2O/c1-12(2)14-7-6-13(15(10-14)19-5)8-9-18-11-16(3,4)17/h6-7,10,12,18H,8-9,11,17H2,1-5H3. The van der Waals surface area contributed by atoms with Crippen molar-refractivity contribution in [1.29, 1.82) is 0 Å². The topological polar surface area (TPSA) is 47.3 Å². The fraction of sp³-hybridized carbons (Fsp3) is 0.625. The van der Waals surface area contributed by atoms with Gasteiger partial charge in [0.25, 0.3) is 0 Å². The van der Waals surface area contributed by atoms with Crippen LogP contribution in [0.25, 0.3) is 0 Å². The van der Waals surface area contributed by atoms with E-state index in [9.17, 15) is 0 Å². The molecule has 0 aliphatic rings. The van der Waals surface area contributed by atoms with E-state index >= 15 is 0 Å². The molecule has 0 atom stereocenters. The van der Waals surface area contributed by atoms with Crippen molar-refractivity contribution >= 4 is 0 Å². The highest BCUT2D eigenvalue weighted by Gasteiger charge is 2.10. The third kappa shape index (κ3) is 5.62. The second-order valence-corrected chi connectivity index (χ2v) is 6.14. The lowest BCUT2D eigenvalue weighted by Gasteiger charge is -2.19. The lowest BCUT2D eigenvalue weighted by molar-refractivity contribution is 0.407. The van der Waals surface area contributed by atoms with Gasteiger partial charge in [-0.3, -0.25) is 0 Å². The molecule has 0 unspecified atom stereocenters. The number of benzene rings is 1. The number of ether oxygens (including phenoxy) is 1. The highest BCUT2D eigenvalue weighted by atomic mass is 16.5. The van der Waals surface area contributed by atoms with Crippen molar-refractivity contribution in [1.82, 2.24) is 5.32 Å². The zero-order chi connectivity index (χ0) is 14.5. The van der Waals surface area contributed by atoms with Crippen LogP contribution in [0.5, 0.6) is 5.75 Å². The smallest absolute Gasteiger partial charge is 0.122 e. The summed E-state index contributed by atoms with van der Waals surface area (Å²) in [4.78, 5) is 0. The number of hydrogen-bond donors (Lipinski definition) is 2. The zero-order valence-corrected chi connectivity index (χ0v) is 12.9. The Morgan fingerprint density at radius 1 is 1.32 bits per heavy atom. The Bertz CT molecular complexity index is 394. The van der Waals surface area contributed by atoms with E-state index in [1.807, 2.05) is 13.8 Å². The molecule has 108 valence electrons. The summed E-state index contributed by atoms with van der Waals surface area (Å²) in [5.41, 5.74) is 8.34. The lowest BCUT2D eigenvalue weighted by atomic mass is 9.99. The summed E-state index contributed by atoms with van der Waals surface area (Å²) in [5, 5.41) is 3.38. The molecule has 0 heterocycles. The molecule has 0 saturated carbocycles. The van der Waals surface area contributed by atoms with Gasteiger partial charge in [0.1, 0.15) is 5.75 Å². The molecule has 0 saturated heterocycles. The van der Waals surface area contributed by atoms with E-state index in [1.54, 1.807) is 7.11 Å². The Labute approximate surface area is 117 Å². The molecule has 0 fully saturated rings. The molecule has 0 aromatic heterocycles. The Morgan fingerprint density at radius 2 is 2.00 bits per heavy atom. The molecular formula is C16H28N2O. The van der Waals surface area contributed by atoms with Crippen LogP contribution in [0.2, 0.25) is 0 Å². The van der Waals surface area contributed by atoms with E-state index in [0.29, 0.717) is 5.92 Å². The summed E-state index contributed by atoms with van der Waals surface area (Å²) in [7, 11) is 1.74. The molecule has 3 nitrogen and oxygen atoms in total. The van der Waals surface area contributed by atoms with Gasteiger partial charge in [-0.1, -0.05) is 26.0 Å². The van der Waals surface area contributed by atoms with Gasteiger partial charge in [0.2, 0.25) is 0 Å². The van der Waals surface area contributed by atoms with Crippen LogP contribution in [-0.4, -0.2) is 25.7 Å². The van der Waals surface area contributed by atoms with Gasteiger partial charge in [0, 0.05) is 12.1 Å². The minimum Gasteiger partial charge on any atom is -0.496 e. The first kappa shape index (κ1) is 16.0. The van der Waals surface area contributed by atoms with Crippen LogP contribution in [0.3, 0.4) is 0 Å². The first-order chi connectivity index (χ1) is 8.83. The maximum Gasteiger partial charge on any atom is 0.122 e. The Morgan fingerprint density at radius 3 is 2.53 bits per heavy atom. The van der Waals surface area contributed by atoms with Crippen molar-refractivity contribution in [2.75, 3.05) is 20.2 Å². The van der Waals surface area contributed by atoms with E-state index < -0.39 is 0 Å². The van der Waals surface area contributed by atoms with E-state index in [1.165, 1.54) is 11.1 Å². The van der Waals surface area contributed by atoms with Gasteiger partial charge in [0.15, 0.2) is 0 Å². The van der Waals surface area contributed by atoms with Gasteiger partial charge in [-0.25, -0.2) is 0 Å². The van der Waals surface area contributed by atoms with Crippen LogP contribution in [-0.2, 0) is 6.42 Å². The van der Waals surface area contributed by atoms with Crippen molar-refractivity contribution in [2.45, 2.75) is 45.6 Å². The molecule has 0 amide bonds. The normalized spacial score (nSPS) is 11.9. The minimum absolute atomic E-state index is 0.161. The van der Waals surface area contributed by atoms with E-state index in [2.05, 4.69) is 37.4 Å². The maximum absolute atomic E-state index is 5.94. The molecule has 0 radical (unpaired) electrons. The molecule has 0 spiro atoms. The number of methoxy groups -OCH3 is 1. The van der Waals surface area contributed by atoms with E-state index in [0.717, 1.165) is 25.3 Å². The summed E-state index contributed by atoms with van der Waals surface area (Å²) in [6, 6.07) is 6.51. The van der Waals surface area contributed by atoms with Crippen molar-refractivity contribution in [3.63, 3.8) is 0 Å². The van der Waals surface area contributed by atoms with Gasteiger partial charge in [-0.05, 0) is 49.9 Å². The molecule has 3 N–H and O–H groups in total. The van der Waals surface area contributed by atoms with Crippen LogP contribution < -0.4 is 15.8 Å². The Balaban J connectivity index is 2.58. The number of nitrogens with two attached hydrogens (primary N) is 1. The summed E-state index contributed by atoms with van der Waals surface area (Å²) < 4.78 is 5.48. The fourth-order valence-electron chi connectivity index (χ4n) is 1.96. The minimum atomic E-state index is -0.161. The van der Waals surface area contributed by atoms with Gasteiger partial charge >= 0.3 is 0 Å². The third-order valence-corrected chi connectivity index (χ3v) is 3.13. The number of rotatable bonds is 7. The van der Waals surface area contributed by atoms with Gasteiger partial charge in [0.05, 0.1) is 7.11 Å². The second-order valence-electron chi connectivity index (χ2n) is 6.14. The molecule has 0 aliphatic heterocycles. The van der Waals surface area contributed by atoms with Crippen molar-refractivity contribution in [3.05, 3.63) is 29.3 Å². The molecule has 3 heteroatoms. The first-order valence-electron chi connectivity index (χ1n) is 7.00. The van der Waals surface area contributed by atoms with Crippen LogP contribution in [0.4, 0.5) is 0 Å². The molecule has 0 bridgehead atoms. The number of nitrogens with one attached hydrogen (secondary N) is 1. The highest BCUT2D eigenvalue weighted by Crippen LogP contribution is 2.24. The molecule has 0 aliphatic carbocycles. The van der Waals surface area contributed by atoms with Gasteiger partial charge in [-0.2, -0.15) is 0 Å². The Kier molecular flexibility index (Phi) is 5.83. The van der Waals surface area contributed by atoms with Crippen LogP contribution in [0.1, 0.15) is 44.7 Å². The average molecular weight is 264 g/mol. The summed E-state index contributed by atoms with van der Waals surface area (Å²) in [6.45, 7) is 10.2. The summed E-state index contributed by atoms with van der Waals surface area (Å²) in [5.74, 6) is 1.51. The molecule has 1 aromatic carbocycles. The first-order valence-corrected chi connectivity index (χ1v) is 7.00. The maximum atomic E-state index is 5.94. The number of hydrogen-bond acceptors (Lipinski definition) is 3. The second kappa shape index (κ2) is 6.92. The summed E-state index contributed by atoms with van der Waals surface area (Å²) in [6.07, 6.45) is 0.956. The van der Waals surface area contributed by atoms with Crippen LogP contribution in [0, 0.1) is 0 Å². The average Bonchev–Trinajstić information content (AvgIpc) is 2.33. The predicted molar refractivity (Wildman–Crippen MR) is 81.9 cm³/mol. The quantitative estimate of drug-likeness (QED) is 0.744. The monoisotopic (exact) mass is 264 g/mol. The highest BCUT2D eigenvalue weighted by molar-refractivity contribution is 5.38. The lowest BCUT2D eigenvalue weighted by Crippen LogP contribution is -2.43. The largest absolute Gasteiger partial charge is 0.496 e. The van der Waals surface area contributed by atoms with Crippen LogP contribution >= 0.6 is 0 Å². The van der Waals surface area contributed by atoms with E-state index in [4.69, 9.17) is 10.5 Å². The van der Waals surface area contributed by atoms with Gasteiger partial charge < -0.3 is 15.8 Å². The molecular weight excluding hydrogens is 236 g/mol. The summed E-state index contributed by atoms with van der Waals surface area (Å²) >= 11 is 0. The zero-order valence-electron chi connectivity index (χ0n) is 12.9. The van der Waals surface area contributed by atoms with Crippen molar-refractivity contribution < 1.29 is 4.74 Å².